The lowest BCUT2D eigenvalue weighted by Gasteiger charge is -2.26. The molecular weight excluding hydrogens is 158 g/mol. The molecule has 4 heteroatoms. The van der Waals surface area contributed by atoms with Gasteiger partial charge in [-0.3, -0.25) is 4.79 Å². The Bertz CT molecular complexity index is 162. The van der Waals surface area contributed by atoms with Crippen LogP contribution in [0, 0.1) is 0 Å². The molecule has 0 aromatic carbocycles. The van der Waals surface area contributed by atoms with Crippen molar-refractivity contribution in [1.82, 2.24) is 0 Å². The molecule has 12 heavy (non-hydrogen) atoms. The monoisotopic (exact) mass is 175 g/mol. The molecule has 72 valence electrons. The molecule has 0 heterocycles. The molecule has 0 saturated carbocycles. The van der Waals surface area contributed by atoms with E-state index >= 15 is 0 Å². The van der Waals surface area contributed by atoms with E-state index in [2.05, 4.69) is 0 Å². The van der Waals surface area contributed by atoms with Crippen LogP contribution in [0.3, 0.4) is 0 Å². The minimum absolute atomic E-state index is 0.355. The first-order valence-electron chi connectivity index (χ1n) is 3.90. The maximum Gasteiger partial charge on any atom is 0.323 e. The van der Waals surface area contributed by atoms with Crippen LogP contribution in [0.4, 0.5) is 0 Å². The molecule has 0 spiro atoms. The third-order valence-electron chi connectivity index (χ3n) is 1.33. The molecule has 0 saturated heterocycles. The Kier molecular flexibility index (Phi) is 3.67. The summed E-state index contributed by atoms with van der Waals surface area (Å²) < 4.78 is 5.35. The first-order chi connectivity index (χ1) is 5.24. The summed E-state index contributed by atoms with van der Waals surface area (Å²) in [7, 11) is 0. The van der Waals surface area contributed by atoms with Crippen molar-refractivity contribution >= 4 is 5.97 Å². The third-order valence-corrected chi connectivity index (χ3v) is 1.33. The number of hydrogen-bond acceptors (Lipinski definition) is 3. The lowest BCUT2D eigenvalue weighted by molar-refractivity contribution is -0.145. The third kappa shape index (κ3) is 4.31. The van der Waals surface area contributed by atoms with E-state index in [9.17, 15) is 4.79 Å². The number of carboxylic acid groups (broad SMARTS) is 1. The van der Waals surface area contributed by atoms with E-state index in [0.717, 1.165) is 0 Å². The van der Waals surface area contributed by atoms with Crippen LogP contribution in [0.2, 0.25) is 0 Å². The Hall–Kier alpha value is -0.610. The molecule has 3 N–H and O–H groups in total. The molecular formula is C8H17NO3. The number of aliphatic carboxylic acids is 1. The number of nitrogens with two attached hydrogens (primary N) is 1. The molecule has 0 rings (SSSR count). The Morgan fingerprint density at radius 1 is 1.50 bits per heavy atom. The predicted molar refractivity (Wildman–Crippen MR) is 45.9 cm³/mol. The van der Waals surface area contributed by atoms with Crippen LogP contribution in [0.15, 0.2) is 0 Å². The zero-order valence-corrected chi connectivity index (χ0v) is 8.00. The van der Waals surface area contributed by atoms with Crippen molar-refractivity contribution in [2.75, 3.05) is 0 Å². The second kappa shape index (κ2) is 3.87. The highest BCUT2D eigenvalue weighted by molar-refractivity contribution is 5.73. The summed E-state index contributed by atoms with van der Waals surface area (Å²) in [4.78, 5) is 10.4. The SMILES string of the molecule is CC(OC(C)(C)C)[C@@H](N)C(=O)O. The van der Waals surface area contributed by atoms with Gasteiger partial charge >= 0.3 is 5.97 Å². The molecule has 0 radical (unpaired) electrons. The lowest BCUT2D eigenvalue weighted by atomic mass is 10.1. The van der Waals surface area contributed by atoms with Crippen molar-refractivity contribution in [3.63, 3.8) is 0 Å². The summed E-state index contributed by atoms with van der Waals surface area (Å²) in [6, 6.07) is -0.954. The zero-order chi connectivity index (χ0) is 9.94. The minimum Gasteiger partial charge on any atom is -0.480 e. The van der Waals surface area contributed by atoms with Gasteiger partial charge in [0.2, 0.25) is 0 Å². The largest absolute Gasteiger partial charge is 0.480 e. The fourth-order valence-electron chi connectivity index (χ4n) is 0.832. The molecule has 2 atom stereocenters. The van der Waals surface area contributed by atoms with Gasteiger partial charge in [-0.1, -0.05) is 0 Å². The highest BCUT2D eigenvalue weighted by Crippen LogP contribution is 2.11. The van der Waals surface area contributed by atoms with E-state index in [1.165, 1.54) is 0 Å². The molecule has 0 aromatic rings. The number of carboxylic acids is 1. The standard InChI is InChI=1S/C8H17NO3/c1-5(6(9)7(10)11)12-8(2,3)4/h5-6H,9H2,1-4H3,(H,10,11)/t5?,6-/m1/s1. The molecule has 4 nitrogen and oxygen atoms in total. The number of hydrogen-bond donors (Lipinski definition) is 2. The average molecular weight is 175 g/mol. The van der Waals surface area contributed by atoms with E-state index in [1.54, 1.807) is 6.92 Å². The van der Waals surface area contributed by atoms with Gasteiger partial charge in [-0.25, -0.2) is 0 Å². The Morgan fingerprint density at radius 2 is 1.92 bits per heavy atom. The maximum atomic E-state index is 10.4. The van der Waals surface area contributed by atoms with Crippen LogP contribution in [-0.2, 0) is 9.53 Å². The van der Waals surface area contributed by atoms with Crippen LogP contribution in [0.1, 0.15) is 27.7 Å². The van der Waals surface area contributed by atoms with Gasteiger partial charge in [0.15, 0.2) is 0 Å². The van der Waals surface area contributed by atoms with E-state index in [1.807, 2.05) is 20.8 Å². The Labute approximate surface area is 72.7 Å². The Balaban J connectivity index is 4.04. The second-order valence-corrected chi connectivity index (χ2v) is 3.80. The van der Waals surface area contributed by atoms with Gasteiger partial charge in [-0.05, 0) is 27.7 Å². The molecule has 0 amide bonds. The van der Waals surface area contributed by atoms with E-state index in [0.29, 0.717) is 0 Å². The van der Waals surface area contributed by atoms with Crippen molar-refractivity contribution in [2.45, 2.75) is 45.4 Å². The smallest absolute Gasteiger partial charge is 0.323 e. The number of carbonyl (C=O) groups is 1. The van der Waals surface area contributed by atoms with Crippen molar-refractivity contribution in [2.24, 2.45) is 5.73 Å². The fourth-order valence-corrected chi connectivity index (χ4v) is 0.832. The van der Waals surface area contributed by atoms with Gasteiger partial charge in [-0.2, -0.15) is 0 Å². The van der Waals surface area contributed by atoms with E-state index in [-0.39, 0.29) is 5.60 Å². The summed E-state index contributed by atoms with van der Waals surface area (Å²) >= 11 is 0. The molecule has 0 aliphatic heterocycles. The zero-order valence-electron chi connectivity index (χ0n) is 8.00. The molecule has 0 aliphatic carbocycles. The highest BCUT2D eigenvalue weighted by Gasteiger charge is 2.24. The van der Waals surface area contributed by atoms with Crippen molar-refractivity contribution in [1.29, 1.82) is 0 Å². The van der Waals surface area contributed by atoms with Crippen molar-refractivity contribution < 1.29 is 14.6 Å². The average Bonchev–Trinajstić information content (AvgIpc) is 1.82. The van der Waals surface area contributed by atoms with Crippen molar-refractivity contribution in [3.05, 3.63) is 0 Å². The summed E-state index contributed by atoms with van der Waals surface area (Å²) in [5.74, 6) is -1.04. The first-order valence-corrected chi connectivity index (χ1v) is 3.90. The van der Waals surface area contributed by atoms with Gasteiger partial charge in [0.1, 0.15) is 6.04 Å². The van der Waals surface area contributed by atoms with E-state index < -0.39 is 18.1 Å². The molecule has 0 bridgehead atoms. The molecule has 1 unspecified atom stereocenters. The first kappa shape index (κ1) is 11.4. The molecule has 0 aromatic heterocycles. The predicted octanol–water partition coefficient (Wildman–Crippen LogP) is 0.602. The quantitative estimate of drug-likeness (QED) is 0.659. The normalized spacial score (nSPS) is 17.1. The van der Waals surface area contributed by atoms with Crippen LogP contribution >= 0.6 is 0 Å². The van der Waals surface area contributed by atoms with Crippen molar-refractivity contribution in [3.8, 4) is 0 Å². The van der Waals surface area contributed by atoms with Crippen LogP contribution in [0.5, 0.6) is 0 Å². The van der Waals surface area contributed by atoms with Crippen LogP contribution in [0.25, 0.3) is 0 Å². The summed E-state index contributed by atoms with van der Waals surface area (Å²) in [6.07, 6.45) is -0.470. The van der Waals surface area contributed by atoms with Gasteiger partial charge in [0, 0.05) is 0 Å². The summed E-state index contributed by atoms with van der Waals surface area (Å²) in [5.41, 5.74) is 4.99. The highest BCUT2D eigenvalue weighted by atomic mass is 16.5. The number of rotatable bonds is 3. The Morgan fingerprint density at radius 3 is 2.17 bits per heavy atom. The van der Waals surface area contributed by atoms with Gasteiger partial charge in [0.25, 0.3) is 0 Å². The fraction of sp³-hybridized carbons (Fsp3) is 0.875. The molecule has 0 aliphatic rings. The minimum atomic E-state index is -1.04. The van der Waals surface area contributed by atoms with Crippen LogP contribution in [-0.4, -0.2) is 28.8 Å². The maximum absolute atomic E-state index is 10.4. The topological polar surface area (TPSA) is 72.5 Å². The van der Waals surface area contributed by atoms with Gasteiger partial charge in [0.05, 0.1) is 11.7 Å². The number of ether oxygens (including phenoxy) is 1. The summed E-state index contributed by atoms with van der Waals surface area (Å²) in [5, 5.41) is 8.54. The van der Waals surface area contributed by atoms with Crippen LogP contribution < -0.4 is 5.73 Å². The van der Waals surface area contributed by atoms with E-state index in [4.69, 9.17) is 15.6 Å². The lowest BCUT2D eigenvalue weighted by Crippen LogP contribution is -2.44. The summed E-state index contributed by atoms with van der Waals surface area (Å²) in [6.45, 7) is 7.23. The van der Waals surface area contributed by atoms with Gasteiger partial charge < -0.3 is 15.6 Å². The van der Waals surface area contributed by atoms with Gasteiger partial charge in [-0.15, -0.1) is 0 Å². The second-order valence-electron chi connectivity index (χ2n) is 3.80. The molecule has 0 fully saturated rings.